The Balaban J connectivity index is 1.63. The molecule has 1 aliphatic rings. The van der Waals surface area contributed by atoms with Gasteiger partial charge < -0.3 is 9.84 Å². The van der Waals surface area contributed by atoms with Crippen LogP contribution in [0.3, 0.4) is 0 Å². The summed E-state index contributed by atoms with van der Waals surface area (Å²) in [6.45, 7) is 4.03. The van der Waals surface area contributed by atoms with Gasteiger partial charge in [0.05, 0.1) is 16.7 Å². The second-order valence-corrected chi connectivity index (χ2v) is 12.1. The second-order valence-electron chi connectivity index (χ2n) is 10.6. The first-order valence-electron chi connectivity index (χ1n) is 14.0. The van der Waals surface area contributed by atoms with Gasteiger partial charge in [-0.3, -0.25) is 4.57 Å². The Hall–Kier alpha value is -3.95. The summed E-state index contributed by atoms with van der Waals surface area (Å²) in [6.07, 6.45) is 4.17. The molecular formula is C32H35N3O5S. The van der Waals surface area contributed by atoms with Crippen LogP contribution in [0.5, 0.6) is 0 Å². The molecule has 3 N–H and O–H groups in total. The van der Waals surface area contributed by atoms with E-state index in [9.17, 15) is 18.3 Å². The van der Waals surface area contributed by atoms with Gasteiger partial charge in [0.15, 0.2) is 0 Å². The van der Waals surface area contributed by atoms with Crippen LogP contribution in [0.4, 0.5) is 0 Å². The van der Waals surface area contributed by atoms with Crippen LogP contribution >= 0.6 is 0 Å². The van der Waals surface area contributed by atoms with Crippen molar-refractivity contribution < 1.29 is 23.1 Å². The van der Waals surface area contributed by atoms with Gasteiger partial charge in [0, 0.05) is 6.42 Å². The molecule has 0 amide bonds. The zero-order valence-electron chi connectivity index (χ0n) is 23.3. The van der Waals surface area contributed by atoms with Crippen molar-refractivity contribution in [2.45, 2.75) is 69.6 Å². The Morgan fingerprint density at radius 1 is 0.951 bits per heavy atom. The largest absolute Gasteiger partial charge is 0.511 e. The lowest BCUT2D eigenvalue weighted by Gasteiger charge is -2.37. The average molecular weight is 574 g/mol. The highest BCUT2D eigenvalue weighted by molar-refractivity contribution is 7.89. The fourth-order valence-electron chi connectivity index (χ4n) is 5.90. The van der Waals surface area contributed by atoms with Crippen molar-refractivity contribution in [3.63, 3.8) is 0 Å². The fourth-order valence-corrected chi connectivity index (χ4v) is 6.57. The molecule has 2 heterocycles. The lowest BCUT2D eigenvalue weighted by Crippen LogP contribution is -2.40. The summed E-state index contributed by atoms with van der Waals surface area (Å²) in [5.41, 5.74) is 3.24. The molecule has 0 radical (unpaired) electrons. The lowest BCUT2D eigenvalue weighted by atomic mass is 9.82. The number of benzene rings is 3. The van der Waals surface area contributed by atoms with E-state index in [1.807, 2.05) is 44.2 Å². The zero-order chi connectivity index (χ0) is 29.2. The van der Waals surface area contributed by atoms with Crippen molar-refractivity contribution in [1.29, 1.82) is 0 Å². The number of para-hydroxylation sites is 2. The van der Waals surface area contributed by atoms with Crippen LogP contribution in [-0.2, 0) is 32.4 Å². The first kappa shape index (κ1) is 28.6. The summed E-state index contributed by atoms with van der Waals surface area (Å²) in [7, 11) is -4.19. The molecule has 0 bridgehead atoms. The van der Waals surface area contributed by atoms with Crippen molar-refractivity contribution in [2.24, 2.45) is 5.14 Å². The summed E-state index contributed by atoms with van der Waals surface area (Å²) >= 11 is 0. The number of aryl methyl sites for hydroxylation is 1. The molecule has 3 aromatic carbocycles. The molecule has 0 saturated heterocycles. The van der Waals surface area contributed by atoms with Crippen molar-refractivity contribution in [3.05, 3.63) is 95.2 Å². The number of nitrogens with zero attached hydrogens (tertiary/aromatic N) is 2. The topological polar surface area (TPSA) is 125 Å². The van der Waals surface area contributed by atoms with E-state index in [1.54, 1.807) is 42.5 Å². The van der Waals surface area contributed by atoms with Gasteiger partial charge in [-0.05, 0) is 60.6 Å². The summed E-state index contributed by atoms with van der Waals surface area (Å²) in [6, 6.07) is 22.4. The van der Waals surface area contributed by atoms with E-state index in [-0.39, 0.29) is 22.9 Å². The number of aliphatic hydroxyl groups excluding tert-OH is 1. The molecule has 41 heavy (non-hydrogen) atoms. The maximum absolute atomic E-state index is 13.7. The Bertz CT molecular complexity index is 1730. The van der Waals surface area contributed by atoms with Gasteiger partial charge in [0.1, 0.15) is 16.9 Å². The van der Waals surface area contributed by atoms with Gasteiger partial charge in [0.25, 0.3) is 10.0 Å². The number of carbonyl (C=O) groups excluding carboxylic acids is 1. The van der Waals surface area contributed by atoms with Gasteiger partial charge >= 0.3 is 5.97 Å². The zero-order valence-corrected chi connectivity index (χ0v) is 24.2. The monoisotopic (exact) mass is 573 g/mol. The molecule has 1 unspecified atom stereocenters. The minimum atomic E-state index is -4.19. The van der Waals surface area contributed by atoms with Crippen LogP contribution in [0, 0.1) is 0 Å². The first-order valence-corrected chi connectivity index (χ1v) is 15.5. The number of rotatable bonds is 10. The summed E-state index contributed by atoms with van der Waals surface area (Å²) in [5.74, 6) is -0.591. The average Bonchev–Trinajstić information content (AvgIpc) is 3.34. The summed E-state index contributed by atoms with van der Waals surface area (Å²) in [5, 5.41) is 16.8. The Morgan fingerprint density at radius 3 is 2.37 bits per heavy atom. The van der Waals surface area contributed by atoms with E-state index in [4.69, 9.17) is 9.88 Å². The number of hydrogen-bond acceptors (Lipinski definition) is 6. The molecule has 214 valence electrons. The Kier molecular flexibility index (Phi) is 8.02. The SMILES string of the molecule is CCCc1c(C2=C(O)CC(CCC)(CCc3ccccc3)OC2=O)cccc1-n1c(S(N)(=O)=O)nc2ccccc21. The molecule has 0 fully saturated rings. The number of esters is 1. The molecule has 1 aromatic heterocycles. The Labute approximate surface area is 240 Å². The number of sulfonamides is 1. The number of aliphatic hydroxyl groups is 1. The minimum Gasteiger partial charge on any atom is -0.511 e. The van der Waals surface area contributed by atoms with E-state index in [0.717, 1.165) is 18.4 Å². The summed E-state index contributed by atoms with van der Waals surface area (Å²) in [4.78, 5) is 18.0. The first-order chi connectivity index (χ1) is 19.7. The molecule has 1 aliphatic heterocycles. The molecule has 0 saturated carbocycles. The van der Waals surface area contributed by atoms with Crippen LogP contribution in [0.25, 0.3) is 22.3 Å². The third-order valence-corrected chi connectivity index (χ3v) is 8.44. The number of primary sulfonamides is 1. The number of carbonyl (C=O) groups is 1. The highest BCUT2D eigenvalue weighted by Crippen LogP contribution is 2.41. The van der Waals surface area contributed by atoms with Gasteiger partial charge in [0.2, 0.25) is 5.16 Å². The van der Waals surface area contributed by atoms with E-state index < -0.39 is 21.6 Å². The van der Waals surface area contributed by atoms with Crippen molar-refractivity contribution in [1.82, 2.24) is 9.55 Å². The number of aromatic nitrogens is 2. The van der Waals surface area contributed by atoms with Crippen LogP contribution in [0.2, 0.25) is 0 Å². The molecule has 0 spiro atoms. The summed E-state index contributed by atoms with van der Waals surface area (Å²) < 4.78 is 33.0. The molecule has 8 nitrogen and oxygen atoms in total. The second kappa shape index (κ2) is 11.5. The maximum Gasteiger partial charge on any atom is 0.342 e. The Morgan fingerprint density at radius 2 is 1.68 bits per heavy atom. The van der Waals surface area contributed by atoms with E-state index in [0.29, 0.717) is 53.5 Å². The van der Waals surface area contributed by atoms with E-state index in [2.05, 4.69) is 4.98 Å². The molecule has 9 heteroatoms. The van der Waals surface area contributed by atoms with Crippen molar-refractivity contribution in [3.8, 4) is 5.69 Å². The molecule has 0 aliphatic carbocycles. The van der Waals surface area contributed by atoms with Crippen LogP contribution in [-0.4, -0.2) is 34.6 Å². The van der Waals surface area contributed by atoms with Crippen LogP contribution < -0.4 is 5.14 Å². The lowest BCUT2D eigenvalue weighted by molar-refractivity contribution is -0.157. The van der Waals surface area contributed by atoms with E-state index in [1.165, 1.54) is 4.57 Å². The fraction of sp³-hybridized carbons (Fsp3) is 0.312. The van der Waals surface area contributed by atoms with Gasteiger partial charge in [-0.25, -0.2) is 23.3 Å². The third kappa shape index (κ3) is 5.64. The highest BCUT2D eigenvalue weighted by atomic mass is 32.2. The predicted molar refractivity (Wildman–Crippen MR) is 159 cm³/mol. The van der Waals surface area contributed by atoms with E-state index >= 15 is 0 Å². The molecular weight excluding hydrogens is 538 g/mol. The number of imidazole rings is 1. The van der Waals surface area contributed by atoms with Crippen molar-refractivity contribution in [2.75, 3.05) is 0 Å². The normalized spacial score (nSPS) is 17.7. The van der Waals surface area contributed by atoms with Crippen molar-refractivity contribution >= 4 is 32.6 Å². The molecule has 4 aromatic rings. The quantitative estimate of drug-likeness (QED) is 0.224. The number of ether oxygens (including phenoxy) is 1. The number of hydrogen-bond donors (Lipinski definition) is 2. The van der Waals surface area contributed by atoms with Crippen LogP contribution in [0.1, 0.15) is 62.6 Å². The van der Waals surface area contributed by atoms with Crippen LogP contribution in [0.15, 0.2) is 83.7 Å². The molecule has 5 rings (SSSR count). The maximum atomic E-state index is 13.7. The standard InChI is InChI=1S/C32H35N3O5S/c1-3-11-23-24(14-10-17-26(23)35-27-16-9-8-15-25(27)34-31(35)41(33,38)39)29-28(36)21-32(19-4-2,40-30(29)37)20-18-22-12-6-5-7-13-22/h5-10,12-17,36H,3-4,11,18-21H2,1-2H3,(H2,33,38,39). The predicted octanol–water partition coefficient (Wildman–Crippen LogP) is 6.01. The number of cyclic esters (lactones) is 1. The number of nitrogens with two attached hydrogens (primary N) is 1. The van der Waals surface area contributed by atoms with Gasteiger partial charge in [-0.2, -0.15) is 0 Å². The third-order valence-electron chi connectivity index (χ3n) is 7.66. The van der Waals surface area contributed by atoms with Gasteiger partial charge in [-0.15, -0.1) is 0 Å². The minimum absolute atomic E-state index is 0.0144. The number of fused-ring (bicyclic) bond motifs is 1. The smallest absolute Gasteiger partial charge is 0.342 e. The molecule has 1 atom stereocenters. The highest BCUT2D eigenvalue weighted by Gasteiger charge is 2.42. The van der Waals surface area contributed by atoms with Gasteiger partial charge in [-0.1, -0.05) is 81.3 Å².